The van der Waals surface area contributed by atoms with E-state index in [-0.39, 0.29) is 5.56 Å². The van der Waals surface area contributed by atoms with Crippen molar-refractivity contribution >= 4 is 28.4 Å². The van der Waals surface area contributed by atoms with Crippen LogP contribution in [0.25, 0.3) is 28.4 Å². The van der Waals surface area contributed by atoms with E-state index in [1.165, 1.54) is 11.3 Å². The van der Waals surface area contributed by atoms with Crippen molar-refractivity contribution in [3.8, 4) is 17.0 Å². The lowest BCUT2D eigenvalue weighted by Gasteiger charge is -2.04. The van der Waals surface area contributed by atoms with Gasteiger partial charge in [0.1, 0.15) is 5.75 Å². The molecule has 3 aromatic heterocycles. The van der Waals surface area contributed by atoms with Gasteiger partial charge in [-0.3, -0.25) is 14.2 Å². The fraction of sp³-hybridized carbons (Fsp3) is 0.0500. The Bertz CT molecular complexity index is 1130. The molecule has 0 radical (unpaired) electrons. The zero-order valence-electron chi connectivity index (χ0n) is 14.0. The predicted octanol–water partition coefficient (Wildman–Crippen LogP) is 4.00. The minimum atomic E-state index is -0.104. The number of methoxy groups -OCH3 is 1. The Morgan fingerprint density at radius 3 is 2.73 bits per heavy atom. The van der Waals surface area contributed by atoms with Crippen LogP contribution in [-0.4, -0.2) is 21.5 Å². The molecule has 5 nitrogen and oxygen atoms in total. The van der Waals surface area contributed by atoms with E-state index in [4.69, 9.17) is 4.74 Å². The van der Waals surface area contributed by atoms with Gasteiger partial charge in [-0.1, -0.05) is 12.1 Å². The molecule has 0 unspecified atom stereocenters. The van der Waals surface area contributed by atoms with E-state index in [1.807, 2.05) is 53.9 Å². The third-order valence-electron chi connectivity index (χ3n) is 3.94. The van der Waals surface area contributed by atoms with Gasteiger partial charge >= 0.3 is 0 Å². The van der Waals surface area contributed by atoms with Crippen molar-refractivity contribution in [3.63, 3.8) is 0 Å². The summed E-state index contributed by atoms with van der Waals surface area (Å²) in [6.07, 6.45) is 7.20. The second kappa shape index (κ2) is 6.93. The van der Waals surface area contributed by atoms with E-state index < -0.39 is 0 Å². The number of hydrogen-bond acceptors (Lipinski definition) is 5. The molecule has 0 bridgehead atoms. The van der Waals surface area contributed by atoms with Crippen LogP contribution >= 0.6 is 11.3 Å². The summed E-state index contributed by atoms with van der Waals surface area (Å²) in [5.74, 6) is 0.779. The van der Waals surface area contributed by atoms with Crippen molar-refractivity contribution in [2.45, 2.75) is 0 Å². The number of benzene rings is 1. The number of rotatable bonds is 4. The van der Waals surface area contributed by atoms with Gasteiger partial charge < -0.3 is 4.74 Å². The molecule has 0 N–H and O–H groups in total. The smallest absolute Gasteiger partial charge is 0.259 e. The van der Waals surface area contributed by atoms with Crippen LogP contribution in [0.4, 0.5) is 0 Å². The first-order chi connectivity index (χ1) is 12.7. The molecule has 0 aliphatic carbocycles. The maximum Gasteiger partial charge on any atom is 0.259 e. The topological polar surface area (TPSA) is 56.5 Å². The van der Waals surface area contributed by atoms with E-state index in [1.54, 1.807) is 30.0 Å². The molecule has 0 saturated heterocycles. The Hall–Kier alpha value is -3.25. The standard InChI is InChI=1S/C20H15N3O2S/c1-25-17-8-5-15(6-9-17)18-13-26-20-22-16(11-19(24)23(18)20)7-4-14-3-2-10-21-12-14/h2-13H,1H3/b7-4+. The summed E-state index contributed by atoms with van der Waals surface area (Å²) in [6, 6.07) is 13.0. The summed E-state index contributed by atoms with van der Waals surface area (Å²) in [4.78, 5) is 22.0. The van der Waals surface area contributed by atoms with Crippen LogP contribution in [-0.2, 0) is 0 Å². The number of fused-ring (bicyclic) bond motifs is 1. The van der Waals surface area contributed by atoms with Crippen LogP contribution in [0.1, 0.15) is 11.3 Å². The van der Waals surface area contributed by atoms with Crippen LogP contribution in [0.15, 0.2) is 65.0 Å². The minimum absolute atomic E-state index is 0.104. The second-order valence-corrected chi connectivity index (χ2v) is 6.44. The SMILES string of the molecule is COc1ccc(-c2csc3nc(/C=C/c4cccnc4)cc(=O)n23)cc1. The van der Waals surface area contributed by atoms with Gasteiger partial charge in [-0.05, 0) is 47.5 Å². The van der Waals surface area contributed by atoms with Crippen molar-refractivity contribution in [2.75, 3.05) is 7.11 Å². The lowest BCUT2D eigenvalue weighted by Crippen LogP contribution is -2.13. The third-order valence-corrected chi connectivity index (χ3v) is 4.77. The summed E-state index contributed by atoms with van der Waals surface area (Å²) >= 11 is 1.44. The van der Waals surface area contributed by atoms with Gasteiger partial charge in [0.15, 0.2) is 4.96 Å². The molecule has 3 heterocycles. The first kappa shape index (κ1) is 16.2. The summed E-state index contributed by atoms with van der Waals surface area (Å²) in [6.45, 7) is 0. The molecule has 4 rings (SSSR count). The summed E-state index contributed by atoms with van der Waals surface area (Å²) in [5.41, 5.74) is 3.25. The Kier molecular flexibility index (Phi) is 4.33. The number of hydrogen-bond donors (Lipinski definition) is 0. The van der Waals surface area contributed by atoms with E-state index in [0.29, 0.717) is 10.7 Å². The van der Waals surface area contributed by atoms with Gasteiger partial charge in [0.25, 0.3) is 5.56 Å². The van der Waals surface area contributed by atoms with Crippen LogP contribution in [0.5, 0.6) is 5.75 Å². The van der Waals surface area contributed by atoms with Crippen LogP contribution in [0.3, 0.4) is 0 Å². The molecular weight excluding hydrogens is 346 g/mol. The van der Waals surface area contributed by atoms with Gasteiger partial charge in [-0.15, -0.1) is 11.3 Å². The molecule has 0 aliphatic rings. The monoisotopic (exact) mass is 361 g/mol. The van der Waals surface area contributed by atoms with E-state index >= 15 is 0 Å². The molecule has 0 amide bonds. The van der Waals surface area contributed by atoms with Crippen molar-refractivity contribution in [1.29, 1.82) is 0 Å². The number of ether oxygens (including phenoxy) is 1. The molecule has 128 valence electrons. The Morgan fingerprint density at radius 2 is 2.00 bits per heavy atom. The van der Waals surface area contributed by atoms with Crippen molar-refractivity contribution in [1.82, 2.24) is 14.4 Å². The van der Waals surface area contributed by atoms with E-state index in [2.05, 4.69) is 9.97 Å². The largest absolute Gasteiger partial charge is 0.497 e. The maximum atomic E-state index is 12.6. The molecule has 6 heteroatoms. The first-order valence-corrected chi connectivity index (χ1v) is 8.86. The number of nitrogens with zero attached hydrogens (tertiary/aromatic N) is 3. The van der Waals surface area contributed by atoms with Gasteiger partial charge in [0, 0.05) is 23.8 Å². The van der Waals surface area contributed by atoms with Crippen LogP contribution < -0.4 is 10.3 Å². The van der Waals surface area contributed by atoms with Crippen molar-refractivity contribution in [2.24, 2.45) is 0 Å². The van der Waals surface area contributed by atoms with Gasteiger partial charge in [-0.25, -0.2) is 4.98 Å². The molecule has 0 saturated carbocycles. The highest BCUT2D eigenvalue weighted by Gasteiger charge is 2.10. The van der Waals surface area contributed by atoms with E-state index in [9.17, 15) is 4.79 Å². The van der Waals surface area contributed by atoms with Gasteiger partial charge in [-0.2, -0.15) is 0 Å². The van der Waals surface area contributed by atoms with Gasteiger partial charge in [0.2, 0.25) is 0 Å². The molecular formula is C20H15N3O2S. The second-order valence-electron chi connectivity index (χ2n) is 5.61. The van der Waals surface area contributed by atoms with Crippen molar-refractivity contribution < 1.29 is 4.74 Å². The minimum Gasteiger partial charge on any atom is -0.497 e. The molecule has 4 aromatic rings. The predicted molar refractivity (Wildman–Crippen MR) is 104 cm³/mol. The lowest BCUT2D eigenvalue weighted by molar-refractivity contribution is 0.415. The summed E-state index contributed by atoms with van der Waals surface area (Å²) in [5, 5.41) is 1.94. The summed E-state index contributed by atoms with van der Waals surface area (Å²) in [7, 11) is 1.63. The Morgan fingerprint density at radius 1 is 1.15 bits per heavy atom. The quantitative estimate of drug-likeness (QED) is 0.551. The molecule has 1 aromatic carbocycles. The fourth-order valence-electron chi connectivity index (χ4n) is 2.64. The highest BCUT2D eigenvalue weighted by atomic mass is 32.1. The highest BCUT2D eigenvalue weighted by molar-refractivity contribution is 7.15. The molecule has 0 aliphatic heterocycles. The number of pyridine rings is 1. The van der Waals surface area contributed by atoms with Crippen LogP contribution in [0.2, 0.25) is 0 Å². The molecule has 0 atom stereocenters. The highest BCUT2D eigenvalue weighted by Crippen LogP contribution is 2.26. The van der Waals surface area contributed by atoms with E-state index in [0.717, 1.165) is 22.6 Å². The first-order valence-electron chi connectivity index (χ1n) is 7.98. The normalized spacial score (nSPS) is 11.3. The van der Waals surface area contributed by atoms with Gasteiger partial charge in [0.05, 0.1) is 18.5 Å². The average Bonchev–Trinajstić information content (AvgIpc) is 3.12. The number of thiazole rings is 1. The Labute approximate surface area is 153 Å². The maximum absolute atomic E-state index is 12.6. The molecule has 0 spiro atoms. The molecule has 0 fully saturated rings. The number of aromatic nitrogens is 3. The average molecular weight is 361 g/mol. The third kappa shape index (κ3) is 3.14. The molecule has 26 heavy (non-hydrogen) atoms. The zero-order valence-corrected chi connectivity index (χ0v) is 14.8. The van der Waals surface area contributed by atoms with Crippen molar-refractivity contribution in [3.05, 3.63) is 81.8 Å². The lowest BCUT2D eigenvalue weighted by atomic mass is 10.1. The summed E-state index contributed by atoms with van der Waals surface area (Å²) < 4.78 is 6.82. The zero-order chi connectivity index (χ0) is 17.9. The fourth-order valence-corrected chi connectivity index (χ4v) is 3.55. The van der Waals surface area contributed by atoms with Crippen LogP contribution in [0, 0.1) is 0 Å². The Balaban J connectivity index is 1.73.